The lowest BCUT2D eigenvalue weighted by atomic mass is 9.91. The Morgan fingerprint density at radius 1 is 0.893 bits per heavy atom. The van der Waals surface area contributed by atoms with Crippen LogP contribution in [-0.2, 0) is 12.7 Å². The molecule has 0 atom stereocenters. The first-order chi connectivity index (χ1) is 13.2. The molecule has 8 heteroatoms. The molecule has 2 heterocycles. The van der Waals surface area contributed by atoms with Crippen LogP contribution in [0.25, 0.3) is 22.3 Å². The van der Waals surface area contributed by atoms with Gasteiger partial charge in [0.25, 0.3) is 5.91 Å². The van der Waals surface area contributed by atoms with Crippen LogP contribution in [0.5, 0.6) is 0 Å². The van der Waals surface area contributed by atoms with Crippen LogP contribution >= 0.6 is 0 Å². The van der Waals surface area contributed by atoms with E-state index in [-0.39, 0.29) is 28.8 Å². The van der Waals surface area contributed by atoms with Crippen LogP contribution in [0.15, 0.2) is 48.7 Å². The molecule has 0 saturated heterocycles. The maximum Gasteiger partial charge on any atom is 0.433 e. The van der Waals surface area contributed by atoms with E-state index in [9.17, 15) is 26.7 Å². The highest BCUT2D eigenvalue weighted by molar-refractivity contribution is 6.02. The van der Waals surface area contributed by atoms with E-state index in [1.807, 2.05) is 0 Å². The van der Waals surface area contributed by atoms with Crippen molar-refractivity contribution in [2.24, 2.45) is 0 Å². The smallest absolute Gasteiger partial charge is 0.348 e. The zero-order valence-electron chi connectivity index (χ0n) is 14.1. The molecule has 0 radical (unpaired) electrons. The summed E-state index contributed by atoms with van der Waals surface area (Å²) in [5.41, 5.74) is 0.512. The number of carbonyl (C=O) groups is 1. The SMILES string of the molecule is O=C1NCc2c1cc(-c1ccc(F)cc1F)cc2-c1ccnc(C(F)(F)F)c1. The van der Waals surface area contributed by atoms with Gasteiger partial charge in [0.1, 0.15) is 17.3 Å². The molecule has 0 fully saturated rings. The summed E-state index contributed by atoms with van der Waals surface area (Å²) in [4.78, 5) is 15.5. The minimum Gasteiger partial charge on any atom is -0.348 e. The fraction of sp³-hybridized carbons (Fsp3) is 0.100. The van der Waals surface area contributed by atoms with Gasteiger partial charge in [0.2, 0.25) is 0 Å². The summed E-state index contributed by atoms with van der Waals surface area (Å²) in [5.74, 6) is -2.01. The van der Waals surface area contributed by atoms with Crippen LogP contribution < -0.4 is 5.32 Å². The molecule has 2 aromatic carbocycles. The van der Waals surface area contributed by atoms with Crippen LogP contribution in [0.1, 0.15) is 21.6 Å². The Morgan fingerprint density at radius 2 is 1.64 bits per heavy atom. The number of halogens is 5. The topological polar surface area (TPSA) is 42.0 Å². The van der Waals surface area contributed by atoms with Gasteiger partial charge in [-0.1, -0.05) is 0 Å². The van der Waals surface area contributed by atoms with Gasteiger partial charge in [-0.15, -0.1) is 0 Å². The molecular weight excluding hydrogens is 379 g/mol. The number of aromatic nitrogens is 1. The van der Waals surface area contributed by atoms with Crippen molar-refractivity contribution >= 4 is 5.91 Å². The molecule has 1 aliphatic rings. The average Bonchev–Trinajstić information content (AvgIpc) is 3.01. The van der Waals surface area contributed by atoms with Gasteiger partial charge < -0.3 is 5.32 Å². The second-order valence-corrected chi connectivity index (χ2v) is 6.28. The van der Waals surface area contributed by atoms with Crippen molar-refractivity contribution in [1.82, 2.24) is 10.3 Å². The third-order valence-corrected chi connectivity index (χ3v) is 4.52. The first kappa shape index (κ1) is 18.1. The summed E-state index contributed by atoms with van der Waals surface area (Å²) >= 11 is 0. The summed E-state index contributed by atoms with van der Waals surface area (Å²) in [6.07, 6.45) is -3.60. The molecule has 28 heavy (non-hydrogen) atoms. The first-order valence-electron chi connectivity index (χ1n) is 8.18. The lowest BCUT2D eigenvalue weighted by Crippen LogP contribution is -2.12. The van der Waals surface area contributed by atoms with Gasteiger partial charge in [-0.05, 0) is 58.7 Å². The van der Waals surface area contributed by atoms with E-state index in [2.05, 4.69) is 10.3 Å². The molecule has 1 amide bonds. The van der Waals surface area contributed by atoms with Crippen molar-refractivity contribution in [3.05, 3.63) is 77.1 Å². The zero-order chi connectivity index (χ0) is 20.1. The summed E-state index contributed by atoms with van der Waals surface area (Å²) in [6.45, 7) is 0.138. The second-order valence-electron chi connectivity index (χ2n) is 6.28. The van der Waals surface area contributed by atoms with Gasteiger partial charge in [-0.25, -0.2) is 8.78 Å². The van der Waals surface area contributed by atoms with E-state index in [1.165, 1.54) is 24.3 Å². The minimum atomic E-state index is -4.63. The second kappa shape index (κ2) is 6.40. The Bertz CT molecular complexity index is 1110. The molecule has 1 aromatic heterocycles. The third-order valence-electron chi connectivity index (χ3n) is 4.52. The summed E-state index contributed by atoms with van der Waals surface area (Å²) < 4.78 is 66.6. The summed E-state index contributed by atoms with van der Waals surface area (Å²) in [6, 6.07) is 8.20. The number of carbonyl (C=O) groups excluding carboxylic acids is 1. The van der Waals surface area contributed by atoms with Crippen molar-refractivity contribution in [3.8, 4) is 22.3 Å². The number of hydrogen-bond donors (Lipinski definition) is 1. The molecule has 3 aromatic rings. The number of pyridine rings is 1. The predicted octanol–water partition coefficient (Wildman–Crippen LogP) is 4.96. The molecule has 1 N–H and O–H groups in total. The third kappa shape index (κ3) is 3.11. The van der Waals surface area contributed by atoms with Crippen LogP contribution in [0.4, 0.5) is 22.0 Å². The highest BCUT2D eigenvalue weighted by Crippen LogP contribution is 2.37. The Balaban J connectivity index is 1.94. The van der Waals surface area contributed by atoms with Gasteiger partial charge in [0, 0.05) is 29.9 Å². The molecule has 0 saturated carbocycles. The number of nitrogens with zero attached hydrogens (tertiary/aromatic N) is 1. The maximum absolute atomic E-state index is 14.2. The van der Waals surface area contributed by atoms with Gasteiger partial charge in [0.05, 0.1) is 0 Å². The van der Waals surface area contributed by atoms with E-state index < -0.39 is 29.4 Å². The molecule has 0 aliphatic carbocycles. The fourth-order valence-electron chi connectivity index (χ4n) is 3.22. The number of fused-ring (bicyclic) bond motifs is 1. The van der Waals surface area contributed by atoms with Crippen molar-refractivity contribution in [3.63, 3.8) is 0 Å². The fourth-order valence-corrected chi connectivity index (χ4v) is 3.22. The van der Waals surface area contributed by atoms with Crippen LogP contribution in [0, 0.1) is 11.6 Å². The van der Waals surface area contributed by atoms with Gasteiger partial charge in [-0.2, -0.15) is 13.2 Å². The van der Waals surface area contributed by atoms with Crippen LogP contribution in [-0.4, -0.2) is 10.9 Å². The van der Waals surface area contributed by atoms with Crippen molar-refractivity contribution < 1.29 is 26.7 Å². The van der Waals surface area contributed by atoms with Crippen molar-refractivity contribution in [2.75, 3.05) is 0 Å². The molecule has 4 rings (SSSR count). The predicted molar refractivity (Wildman–Crippen MR) is 91.2 cm³/mol. The monoisotopic (exact) mass is 390 g/mol. The number of benzene rings is 2. The van der Waals surface area contributed by atoms with Crippen LogP contribution in [0.2, 0.25) is 0 Å². The van der Waals surface area contributed by atoms with E-state index in [4.69, 9.17) is 0 Å². The van der Waals surface area contributed by atoms with E-state index >= 15 is 0 Å². The minimum absolute atomic E-state index is 0.0373. The van der Waals surface area contributed by atoms with Crippen LogP contribution in [0.3, 0.4) is 0 Å². The summed E-state index contributed by atoms with van der Waals surface area (Å²) in [7, 11) is 0. The van der Waals surface area contributed by atoms with E-state index in [1.54, 1.807) is 0 Å². The number of amides is 1. The highest BCUT2D eigenvalue weighted by atomic mass is 19.4. The summed E-state index contributed by atoms with van der Waals surface area (Å²) in [5, 5.41) is 2.61. The Kier molecular flexibility index (Phi) is 4.14. The van der Waals surface area contributed by atoms with E-state index in [0.717, 1.165) is 18.3 Å². The number of nitrogens with one attached hydrogen (secondary N) is 1. The molecule has 0 bridgehead atoms. The Morgan fingerprint density at radius 3 is 2.36 bits per heavy atom. The molecule has 1 aliphatic heterocycles. The number of hydrogen-bond acceptors (Lipinski definition) is 2. The molecule has 0 unspecified atom stereocenters. The molecule has 142 valence electrons. The van der Waals surface area contributed by atoms with E-state index in [0.29, 0.717) is 17.2 Å². The van der Waals surface area contributed by atoms with Gasteiger partial charge in [-0.3, -0.25) is 9.78 Å². The normalized spacial score (nSPS) is 13.4. The number of rotatable bonds is 2. The lowest BCUT2D eigenvalue weighted by molar-refractivity contribution is -0.141. The standard InChI is InChI=1S/C20H11F5N2O/c21-12-1-2-13(17(22)8-12)11-5-14(16-9-27-19(28)15(16)6-11)10-3-4-26-18(7-10)20(23,24)25/h1-8H,9H2,(H,27,28). The lowest BCUT2D eigenvalue weighted by Gasteiger charge is -2.13. The highest BCUT2D eigenvalue weighted by Gasteiger charge is 2.33. The number of alkyl halides is 3. The largest absolute Gasteiger partial charge is 0.433 e. The first-order valence-corrected chi connectivity index (χ1v) is 8.18. The zero-order valence-corrected chi connectivity index (χ0v) is 14.1. The van der Waals surface area contributed by atoms with Gasteiger partial charge in [0.15, 0.2) is 0 Å². The van der Waals surface area contributed by atoms with Crippen molar-refractivity contribution in [1.29, 1.82) is 0 Å². The van der Waals surface area contributed by atoms with Crippen molar-refractivity contribution in [2.45, 2.75) is 12.7 Å². The molecular formula is C20H11F5N2O. The Labute approximate surface area is 155 Å². The quantitative estimate of drug-likeness (QED) is 0.629. The maximum atomic E-state index is 14.2. The van der Waals surface area contributed by atoms with Gasteiger partial charge >= 0.3 is 6.18 Å². The molecule has 0 spiro atoms. The Hall–Kier alpha value is -3.29. The molecule has 3 nitrogen and oxygen atoms in total. The average molecular weight is 390 g/mol.